The number of urea groups is 1. The summed E-state index contributed by atoms with van der Waals surface area (Å²) in [5.74, 6) is 0. The van der Waals surface area contributed by atoms with Crippen LogP contribution in [0.25, 0.3) is 0 Å². The molecule has 0 aromatic heterocycles. The zero-order valence-electron chi connectivity index (χ0n) is 8.51. The summed E-state index contributed by atoms with van der Waals surface area (Å²) in [4.78, 5) is 11.5. The van der Waals surface area contributed by atoms with E-state index in [0.29, 0.717) is 0 Å². The smallest absolute Gasteiger partial charge is 0.319 e. The van der Waals surface area contributed by atoms with E-state index in [0.717, 1.165) is 23.0 Å². The number of amides is 2. The van der Waals surface area contributed by atoms with Crippen LogP contribution in [0.4, 0.5) is 10.5 Å². The van der Waals surface area contributed by atoms with Crippen molar-refractivity contribution >= 4 is 27.6 Å². The van der Waals surface area contributed by atoms with E-state index in [2.05, 4.69) is 26.6 Å². The Morgan fingerprint density at radius 1 is 1.47 bits per heavy atom. The fraction of sp³-hybridized carbons (Fsp3) is 0.364. The third kappa shape index (κ3) is 2.96. The van der Waals surface area contributed by atoms with Gasteiger partial charge in [-0.25, -0.2) is 4.79 Å². The molecule has 1 fully saturated rings. The van der Waals surface area contributed by atoms with Crippen molar-refractivity contribution in [3.63, 3.8) is 0 Å². The molecular weight excluding hydrogens is 256 g/mol. The fourth-order valence-electron chi connectivity index (χ4n) is 1.32. The van der Waals surface area contributed by atoms with Crippen molar-refractivity contribution in [2.24, 2.45) is 0 Å². The molecule has 80 valence electrons. The molecule has 0 bridgehead atoms. The third-order valence-corrected chi connectivity index (χ3v) is 2.99. The Hall–Kier alpha value is -1.03. The third-order valence-electron chi connectivity index (χ3n) is 2.50. The molecule has 0 atom stereocenters. The molecular formula is C11H13BrN2O. The Labute approximate surface area is 97.4 Å². The number of anilines is 1. The molecule has 15 heavy (non-hydrogen) atoms. The van der Waals surface area contributed by atoms with Crippen molar-refractivity contribution < 1.29 is 4.79 Å². The molecule has 1 aliphatic rings. The van der Waals surface area contributed by atoms with Gasteiger partial charge in [0.15, 0.2) is 0 Å². The minimum atomic E-state index is -0.131. The van der Waals surface area contributed by atoms with E-state index in [9.17, 15) is 4.79 Å². The van der Waals surface area contributed by atoms with Gasteiger partial charge in [-0.2, -0.15) is 0 Å². The van der Waals surface area contributed by atoms with Crippen LogP contribution in [0.1, 0.15) is 19.8 Å². The molecule has 1 aromatic rings. The van der Waals surface area contributed by atoms with Crippen LogP contribution in [0, 0.1) is 0 Å². The maximum atomic E-state index is 11.5. The van der Waals surface area contributed by atoms with Crippen LogP contribution in [0.3, 0.4) is 0 Å². The minimum absolute atomic E-state index is 0.0239. The molecule has 4 heteroatoms. The summed E-state index contributed by atoms with van der Waals surface area (Å²) < 4.78 is 0.956. The molecule has 1 aromatic carbocycles. The lowest BCUT2D eigenvalue weighted by atomic mass is 10.3. The maximum absolute atomic E-state index is 11.5. The molecule has 0 spiro atoms. The van der Waals surface area contributed by atoms with Crippen LogP contribution in [0.2, 0.25) is 0 Å². The van der Waals surface area contributed by atoms with Crippen molar-refractivity contribution in [3.8, 4) is 0 Å². The van der Waals surface area contributed by atoms with Crippen molar-refractivity contribution in [1.82, 2.24) is 5.32 Å². The average Bonchev–Trinajstić information content (AvgIpc) is 2.82. The summed E-state index contributed by atoms with van der Waals surface area (Å²) in [5, 5.41) is 5.73. The van der Waals surface area contributed by atoms with E-state index < -0.39 is 0 Å². The molecule has 0 heterocycles. The zero-order chi connectivity index (χ0) is 10.9. The van der Waals surface area contributed by atoms with Crippen LogP contribution in [-0.2, 0) is 0 Å². The number of benzene rings is 1. The average molecular weight is 269 g/mol. The van der Waals surface area contributed by atoms with Gasteiger partial charge in [-0.3, -0.25) is 0 Å². The van der Waals surface area contributed by atoms with Gasteiger partial charge in [0, 0.05) is 15.7 Å². The molecule has 1 saturated carbocycles. The number of carbonyl (C=O) groups is 1. The first-order valence-electron chi connectivity index (χ1n) is 4.92. The summed E-state index contributed by atoms with van der Waals surface area (Å²) in [6, 6.07) is 7.41. The first-order chi connectivity index (χ1) is 7.07. The molecule has 2 rings (SSSR count). The number of hydrogen-bond acceptors (Lipinski definition) is 1. The molecule has 0 saturated heterocycles. The van der Waals surface area contributed by atoms with Crippen LogP contribution < -0.4 is 10.6 Å². The Balaban J connectivity index is 1.93. The second-order valence-corrected chi connectivity index (χ2v) is 5.07. The van der Waals surface area contributed by atoms with E-state index in [1.807, 2.05) is 31.2 Å². The number of halogens is 1. The van der Waals surface area contributed by atoms with Crippen LogP contribution in [0.5, 0.6) is 0 Å². The Morgan fingerprint density at radius 2 is 2.20 bits per heavy atom. The quantitative estimate of drug-likeness (QED) is 0.850. The summed E-state index contributed by atoms with van der Waals surface area (Å²) >= 11 is 3.35. The van der Waals surface area contributed by atoms with Gasteiger partial charge in [0.25, 0.3) is 0 Å². The van der Waals surface area contributed by atoms with E-state index in [4.69, 9.17) is 0 Å². The number of hydrogen-bond donors (Lipinski definition) is 2. The number of nitrogens with one attached hydrogen (secondary N) is 2. The first kappa shape index (κ1) is 10.5. The van der Waals surface area contributed by atoms with Crippen molar-refractivity contribution in [3.05, 3.63) is 28.7 Å². The monoisotopic (exact) mass is 268 g/mol. The topological polar surface area (TPSA) is 41.1 Å². The van der Waals surface area contributed by atoms with Crippen molar-refractivity contribution in [2.45, 2.75) is 25.3 Å². The highest BCUT2D eigenvalue weighted by molar-refractivity contribution is 9.10. The summed E-state index contributed by atoms with van der Waals surface area (Å²) in [6.07, 6.45) is 2.14. The highest BCUT2D eigenvalue weighted by Crippen LogP contribution is 2.34. The minimum Gasteiger partial charge on any atom is -0.333 e. The second-order valence-electron chi connectivity index (χ2n) is 4.15. The van der Waals surface area contributed by atoms with Gasteiger partial charge in [-0.15, -0.1) is 0 Å². The highest BCUT2D eigenvalue weighted by Gasteiger charge is 2.38. The summed E-state index contributed by atoms with van der Waals surface area (Å²) in [6.45, 7) is 2.05. The highest BCUT2D eigenvalue weighted by atomic mass is 79.9. The first-order valence-corrected chi connectivity index (χ1v) is 5.71. The van der Waals surface area contributed by atoms with E-state index in [1.165, 1.54) is 0 Å². The molecule has 1 aliphatic carbocycles. The Morgan fingerprint density at radius 3 is 2.80 bits per heavy atom. The normalized spacial score (nSPS) is 16.9. The van der Waals surface area contributed by atoms with E-state index >= 15 is 0 Å². The SMILES string of the molecule is CC1(NC(=O)Nc2cccc(Br)c2)CC1. The van der Waals surface area contributed by atoms with Crippen molar-refractivity contribution in [1.29, 1.82) is 0 Å². The van der Waals surface area contributed by atoms with Crippen molar-refractivity contribution in [2.75, 3.05) is 5.32 Å². The lowest BCUT2D eigenvalue weighted by molar-refractivity contribution is 0.248. The van der Waals surface area contributed by atoms with E-state index in [1.54, 1.807) is 0 Å². The maximum Gasteiger partial charge on any atom is 0.319 e. The number of rotatable bonds is 2. The van der Waals surface area contributed by atoms with Gasteiger partial charge >= 0.3 is 6.03 Å². The molecule has 0 aliphatic heterocycles. The Bertz CT molecular complexity index is 388. The van der Waals surface area contributed by atoms with Crippen LogP contribution in [-0.4, -0.2) is 11.6 Å². The van der Waals surface area contributed by atoms with Crippen LogP contribution >= 0.6 is 15.9 Å². The predicted octanol–water partition coefficient (Wildman–Crippen LogP) is 3.12. The summed E-state index contributed by atoms with van der Waals surface area (Å²) in [7, 11) is 0. The van der Waals surface area contributed by atoms with Gasteiger partial charge in [-0.1, -0.05) is 22.0 Å². The molecule has 2 amide bonds. The second kappa shape index (κ2) is 3.85. The number of carbonyl (C=O) groups excluding carboxylic acids is 1. The van der Waals surface area contributed by atoms with Gasteiger partial charge in [0.2, 0.25) is 0 Å². The molecule has 0 radical (unpaired) electrons. The molecule has 2 N–H and O–H groups in total. The lowest BCUT2D eigenvalue weighted by Gasteiger charge is -2.12. The van der Waals surface area contributed by atoms with E-state index in [-0.39, 0.29) is 11.6 Å². The Kier molecular flexibility index (Phi) is 2.69. The standard InChI is InChI=1S/C11H13BrN2O/c1-11(5-6-11)14-10(15)13-9-4-2-3-8(12)7-9/h2-4,7H,5-6H2,1H3,(H2,13,14,15). The predicted molar refractivity (Wildman–Crippen MR) is 63.9 cm³/mol. The van der Waals surface area contributed by atoms with Gasteiger partial charge in [0.1, 0.15) is 0 Å². The molecule has 3 nitrogen and oxygen atoms in total. The van der Waals surface area contributed by atoms with Gasteiger partial charge < -0.3 is 10.6 Å². The zero-order valence-corrected chi connectivity index (χ0v) is 10.1. The lowest BCUT2D eigenvalue weighted by Crippen LogP contribution is -2.37. The molecule has 0 unspecified atom stereocenters. The fourth-order valence-corrected chi connectivity index (χ4v) is 1.71. The van der Waals surface area contributed by atoms with Gasteiger partial charge in [0.05, 0.1) is 0 Å². The van der Waals surface area contributed by atoms with Crippen LogP contribution in [0.15, 0.2) is 28.7 Å². The summed E-state index contributed by atoms with van der Waals surface area (Å²) in [5.41, 5.74) is 0.821. The van der Waals surface area contributed by atoms with Gasteiger partial charge in [-0.05, 0) is 38.0 Å². The largest absolute Gasteiger partial charge is 0.333 e.